The van der Waals surface area contributed by atoms with E-state index in [9.17, 15) is 4.39 Å². The van der Waals surface area contributed by atoms with Gasteiger partial charge in [0.15, 0.2) is 11.6 Å². The maximum atomic E-state index is 13.7. The fourth-order valence-electron chi connectivity index (χ4n) is 1.99. The van der Waals surface area contributed by atoms with Crippen molar-refractivity contribution in [2.24, 2.45) is 0 Å². The summed E-state index contributed by atoms with van der Waals surface area (Å²) in [5, 5.41) is 6.21. The number of nitrogens with one attached hydrogen (secondary N) is 2. The highest BCUT2D eigenvalue weighted by Crippen LogP contribution is 2.17. The van der Waals surface area contributed by atoms with Gasteiger partial charge in [-0.05, 0) is 19.8 Å². The molecule has 1 aromatic rings. The van der Waals surface area contributed by atoms with E-state index in [1.165, 1.54) is 6.20 Å². The standard InChI is InChI=1S/C14H25FN4/c1-4-7-9-11(8-5-2)18-13-12(15)10-17-14(19-13)16-6-3/h10-11H,4-9H2,1-3H3,(H2,16,17,18,19). The Morgan fingerprint density at radius 3 is 2.63 bits per heavy atom. The van der Waals surface area contributed by atoms with E-state index in [1.54, 1.807) is 0 Å². The van der Waals surface area contributed by atoms with E-state index >= 15 is 0 Å². The molecule has 5 heteroatoms. The predicted octanol–water partition coefficient (Wildman–Crippen LogP) is 3.82. The van der Waals surface area contributed by atoms with Crippen LogP contribution in [0.5, 0.6) is 0 Å². The van der Waals surface area contributed by atoms with Crippen molar-refractivity contribution < 1.29 is 4.39 Å². The molecule has 1 aromatic heterocycles. The number of rotatable bonds is 9. The highest BCUT2D eigenvalue weighted by molar-refractivity contribution is 5.41. The summed E-state index contributed by atoms with van der Waals surface area (Å²) in [4.78, 5) is 8.09. The maximum absolute atomic E-state index is 13.7. The van der Waals surface area contributed by atoms with E-state index in [0.717, 1.165) is 38.6 Å². The SMILES string of the molecule is CCCCC(CCC)Nc1nc(NCC)ncc1F. The highest BCUT2D eigenvalue weighted by Gasteiger charge is 2.12. The van der Waals surface area contributed by atoms with E-state index < -0.39 is 0 Å². The average Bonchev–Trinajstić information content (AvgIpc) is 2.40. The fraction of sp³-hybridized carbons (Fsp3) is 0.714. The zero-order valence-corrected chi connectivity index (χ0v) is 12.2. The Balaban J connectivity index is 2.72. The summed E-state index contributed by atoms with van der Waals surface area (Å²) < 4.78 is 13.7. The highest BCUT2D eigenvalue weighted by atomic mass is 19.1. The summed E-state index contributed by atoms with van der Waals surface area (Å²) in [6, 6.07) is 0.281. The summed E-state index contributed by atoms with van der Waals surface area (Å²) >= 11 is 0. The number of halogens is 1. The lowest BCUT2D eigenvalue weighted by Crippen LogP contribution is -2.21. The van der Waals surface area contributed by atoms with Gasteiger partial charge in [-0.2, -0.15) is 4.98 Å². The van der Waals surface area contributed by atoms with Gasteiger partial charge in [-0.25, -0.2) is 9.37 Å². The molecule has 1 unspecified atom stereocenters. The molecule has 1 atom stereocenters. The number of aromatic nitrogens is 2. The number of nitrogens with zero attached hydrogens (tertiary/aromatic N) is 2. The monoisotopic (exact) mass is 268 g/mol. The van der Waals surface area contributed by atoms with Crippen molar-refractivity contribution in [2.75, 3.05) is 17.2 Å². The molecular weight excluding hydrogens is 243 g/mol. The Kier molecular flexibility index (Phi) is 7.15. The molecule has 0 saturated heterocycles. The third-order valence-corrected chi connectivity index (χ3v) is 2.96. The second kappa shape index (κ2) is 8.67. The number of unbranched alkanes of at least 4 members (excludes halogenated alkanes) is 1. The normalized spacial score (nSPS) is 12.2. The Hall–Kier alpha value is -1.39. The second-order valence-electron chi connectivity index (χ2n) is 4.69. The number of hydrogen-bond acceptors (Lipinski definition) is 4. The lowest BCUT2D eigenvalue weighted by molar-refractivity contribution is 0.552. The third kappa shape index (κ3) is 5.41. The molecule has 1 heterocycles. The summed E-state index contributed by atoms with van der Waals surface area (Å²) in [5.74, 6) is 0.386. The molecule has 0 aromatic carbocycles. The van der Waals surface area contributed by atoms with Gasteiger partial charge < -0.3 is 10.6 Å². The smallest absolute Gasteiger partial charge is 0.224 e. The van der Waals surface area contributed by atoms with Crippen LogP contribution in [0.25, 0.3) is 0 Å². The molecule has 1 rings (SSSR count). The van der Waals surface area contributed by atoms with Crippen LogP contribution in [-0.4, -0.2) is 22.6 Å². The van der Waals surface area contributed by atoms with Crippen molar-refractivity contribution in [3.05, 3.63) is 12.0 Å². The van der Waals surface area contributed by atoms with Crippen LogP contribution in [0.1, 0.15) is 52.9 Å². The molecule has 0 amide bonds. The van der Waals surface area contributed by atoms with Crippen LogP contribution in [0.15, 0.2) is 6.20 Å². The predicted molar refractivity (Wildman–Crippen MR) is 78.0 cm³/mol. The van der Waals surface area contributed by atoms with Crippen LogP contribution in [0, 0.1) is 5.82 Å². The average molecular weight is 268 g/mol. The molecule has 0 aliphatic rings. The largest absolute Gasteiger partial charge is 0.365 e. The van der Waals surface area contributed by atoms with E-state index in [-0.39, 0.29) is 11.9 Å². The van der Waals surface area contributed by atoms with Gasteiger partial charge in [0.25, 0.3) is 0 Å². The second-order valence-corrected chi connectivity index (χ2v) is 4.69. The van der Waals surface area contributed by atoms with E-state index in [0.29, 0.717) is 11.8 Å². The fourth-order valence-corrected chi connectivity index (χ4v) is 1.99. The third-order valence-electron chi connectivity index (χ3n) is 2.96. The van der Waals surface area contributed by atoms with Crippen molar-refractivity contribution in [3.8, 4) is 0 Å². The van der Waals surface area contributed by atoms with Gasteiger partial charge in [-0.3, -0.25) is 0 Å². The lowest BCUT2D eigenvalue weighted by atomic mass is 10.1. The van der Waals surface area contributed by atoms with Crippen LogP contribution >= 0.6 is 0 Å². The molecule has 0 aliphatic carbocycles. The van der Waals surface area contributed by atoms with Gasteiger partial charge >= 0.3 is 0 Å². The first-order valence-electron chi connectivity index (χ1n) is 7.24. The molecule has 0 saturated carbocycles. The van der Waals surface area contributed by atoms with E-state index in [2.05, 4.69) is 34.4 Å². The minimum Gasteiger partial charge on any atom is -0.365 e. The van der Waals surface area contributed by atoms with Crippen LogP contribution in [0.4, 0.5) is 16.2 Å². The Morgan fingerprint density at radius 2 is 2.00 bits per heavy atom. The first kappa shape index (κ1) is 15.7. The van der Waals surface area contributed by atoms with Crippen molar-refractivity contribution in [1.82, 2.24) is 9.97 Å². The summed E-state index contributed by atoms with van der Waals surface area (Å²) in [5.41, 5.74) is 0. The van der Waals surface area contributed by atoms with Crippen molar-refractivity contribution in [3.63, 3.8) is 0 Å². The lowest BCUT2D eigenvalue weighted by Gasteiger charge is -2.19. The Bertz CT molecular complexity index is 370. The summed E-state index contributed by atoms with van der Waals surface area (Å²) in [6.45, 7) is 6.98. The molecule has 0 spiro atoms. The van der Waals surface area contributed by atoms with Gasteiger partial charge in [0.1, 0.15) is 0 Å². The maximum Gasteiger partial charge on any atom is 0.224 e. The van der Waals surface area contributed by atoms with Crippen LogP contribution < -0.4 is 10.6 Å². The number of hydrogen-bond donors (Lipinski definition) is 2. The molecular formula is C14H25FN4. The van der Waals surface area contributed by atoms with Gasteiger partial charge in [0.05, 0.1) is 6.20 Å². The number of anilines is 2. The summed E-state index contributed by atoms with van der Waals surface area (Å²) in [7, 11) is 0. The molecule has 2 N–H and O–H groups in total. The first-order valence-corrected chi connectivity index (χ1v) is 7.24. The first-order chi connectivity index (χ1) is 9.21. The summed E-state index contributed by atoms with van der Waals surface area (Å²) in [6.07, 6.45) is 6.66. The molecule has 19 heavy (non-hydrogen) atoms. The molecule has 108 valence electrons. The molecule has 0 radical (unpaired) electrons. The van der Waals surface area contributed by atoms with Gasteiger partial charge in [0.2, 0.25) is 5.95 Å². The van der Waals surface area contributed by atoms with Crippen molar-refractivity contribution in [1.29, 1.82) is 0 Å². The van der Waals surface area contributed by atoms with Crippen LogP contribution in [0.3, 0.4) is 0 Å². The quantitative estimate of drug-likeness (QED) is 0.715. The van der Waals surface area contributed by atoms with Crippen LogP contribution in [0.2, 0.25) is 0 Å². The van der Waals surface area contributed by atoms with Gasteiger partial charge in [0, 0.05) is 12.6 Å². The topological polar surface area (TPSA) is 49.8 Å². The molecule has 0 fully saturated rings. The Labute approximate surface area is 115 Å². The molecule has 4 nitrogen and oxygen atoms in total. The molecule has 0 aliphatic heterocycles. The minimum absolute atomic E-state index is 0.281. The van der Waals surface area contributed by atoms with E-state index in [4.69, 9.17) is 0 Å². The zero-order valence-electron chi connectivity index (χ0n) is 12.2. The molecule has 0 bridgehead atoms. The van der Waals surface area contributed by atoms with Crippen molar-refractivity contribution in [2.45, 2.75) is 58.9 Å². The van der Waals surface area contributed by atoms with Crippen LogP contribution in [-0.2, 0) is 0 Å². The van der Waals surface area contributed by atoms with Crippen molar-refractivity contribution >= 4 is 11.8 Å². The zero-order chi connectivity index (χ0) is 14.1. The van der Waals surface area contributed by atoms with Gasteiger partial charge in [-0.15, -0.1) is 0 Å². The minimum atomic E-state index is -0.390. The Morgan fingerprint density at radius 1 is 1.21 bits per heavy atom. The van der Waals surface area contributed by atoms with Gasteiger partial charge in [-0.1, -0.05) is 33.1 Å². The van der Waals surface area contributed by atoms with E-state index in [1.807, 2.05) is 6.92 Å².